The summed E-state index contributed by atoms with van der Waals surface area (Å²) in [5, 5.41) is 22.4. The summed E-state index contributed by atoms with van der Waals surface area (Å²) >= 11 is 0. The van der Waals surface area contributed by atoms with Gasteiger partial charge in [0, 0.05) is 6.20 Å². The third-order valence-corrected chi connectivity index (χ3v) is 2.73. The molecular formula is C15H13N7O. The summed E-state index contributed by atoms with van der Waals surface area (Å²) in [5.74, 6) is -0.434. The first-order valence-electron chi connectivity index (χ1n) is 6.51. The molecule has 0 aliphatic carbocycles. The molecule has 114 valence electrons. The van der Waals surface area contributed by atoms with Crippen molar-refractivity contribution in [1.29, 1.82) is 10.7 Å². The number of amides is 1. The molecule has 0 bridgehead atoms. The van der Waals surface area contributed by atoms with Crippen LogP contribution in [0.4, 0.5) is 11.5 Å². The Labute approximate surface area is 132 Å². The van der Waals surface area contributed by atoms with E-state index in [1.54, 1.807) is 54.7 Å². The van der Waals surface area contributed by atoms with Crippen LogP contribution in [-0.2, 0) is 0 Å². The van der Waals surface area contributed by atoms with Gasteiger partial charge in [0.1, 0.15) is 11.9 Å². The summed E-state index contributed by atoms with van der Waals surface area (Å²) in [6.45, 7) is 0. The highest BCUT2D eigenvalue weighted by Gasteiger charge is 2.12. The SMILES string of the molecule is N#C/C(=N\Nc1ccccc1C(=O)Nc1ccccn1)C(=N)N. The molecule has 5 N–H and O–H groups in total. The highest BCUT2D eigenvalue weighted by Crippen LogP contribution is 2.16. The van der Waals surface area contributed by atoms with Crippen molar-refractivity contribution < 1.29 is 4.79 Å². The number of benzene rings is 1. The number of aromatic nitrogens is 1. The van der Waals surface area contributed by atoms with Gasteiger partial charge >= 0.3 is 0 Å². The summed E-state index contributed by atoms with van der Waals surface area (Å²) in [5.41, 5.74) is 8.19. The maximum Gasteiger partial charge on any atom is 0.258 e. The van der Waals surface area contributed by atoms with Crippen LogP contribution in [0.5, 0.6) is 0 Å². The summed E-state index contributed by atoms with van der Waals surface area (Å²) in [4.78, 5) is 16.3. The Morgan fingerprint density at radius 3 is 2.65 bits per heavy atom. The van der Waals surface area contributed by atoms with Crippen LogP contribution in [0.25, 0.3) is 0 Å². The number of carbonyl (C=O) groups is 1. The molecule has 2 rings (SSSR count). The Morgan fingerprint density at radius 2 is 2.00 bits per heavy atom. The lowest BCUT2D eigenvalue weighted by molar-refractivity contribution is 0.102. The minimum absolute atomic E-state index is 0.273. The van der Waals surface area contributed by atoms with Gasteiger partial charge in [-0.2, -0.15) is 10.4 Å². The third kappa shape index (κ3) is 4.12. The van der Waals surface area contributed by atoms with Crippen molar-refractivity contribution in [2.75, 3.05) is 10.7 Å². The van der Waals surface area contributed by atoms with Crippen molar-refractivity contribution in [3.63, 3.8) is 0 Å². The molecule has 1 aromatic carbocycles. The lowest BCUT2D eigenvalue weighted by atomic mass is 10.1. The standard InChI is InChI=1S/C15H13N7O/c16-9-12(14(17)18)22-21-11-6-2-1-5-10(11)15(23)20-13-7-3-4-8-19-13/h1-8,21H,(H3,17,18)(H,19,20,23)/b22-12+. The maximum absolute atomic E-state index is 12.3. The van der Waals surface area contributed by atoms with Crippen molar-refractivity contribution in [3.8, 4) is 6.07 Å². The summed E-state index contributed by atoms with van der Waals surface area (Å²) in [6, 6.07) is 13.5. The minimum Gasteiger partial charge on any atom is -0.382 e. The lowest BCUT2D eigenvalue weighted by Gasteiger charge is -2.09. The fraction of sp³-hybridized carbons (Fsp3) is 0. The van der Waals surface area contributed by atoms with Gasteiger partial charge in [-0.15, -0.1) is 0 Å². The summed E-state index contributed by atoms with van der Waals surface area (Å²) < 4.78 is 0. The largest absolute Gasteiger partial charge is 0.382 e. The number of hydrazone groups is 1. The number of carbonyl (C=O) groups excluding carboxylic acids is 1. The molecule has 0 aliphatic rings. The van der Waals surface area contributed by atoms with E-state index in [9.17, 15) is 4.79 Å². The molecular weight excluding hydrogens is 294 g/mol. The van der Waals surface area contributed by atoms with Crippen LogP contribution in [0, 0.1) is 16.7 Å². The van der Waals surface area contributed by atoms with Crippen LogP contribution in [0.2, 0.25) is 0 Å². The average molecular weight is 307 g/mol. The van der Waals surface area contributed by atoms with Crippen molar-refractivity contribution >= 4 is 29.0 Å². The molecule has 1 aromatic heterocycles. The van der Waals surface area contributed by atoms with Crippen LogP contribution in [0.1, 0.15) is 10.4 Å². The number of nitrogens with two attached hydrogens (primary N) is 1. The molecule has 0 saturated heterocycles. The third-order valence-electron chi connectivity index (χ3n) is 2.73. The minimum atomic E-state index is -0.463. The first kappa shape index (κ1) is 15.7. The van der Waals surface area contributed by atoms with E-state index >= 15 is 0 Å². The molecule has 0 fully saturated rings. The van der Waals surface area contributed by atoms with Crippen LogP contribution < -0.4 is 16.5 Å². The van der Waals surface area contributed by atoms with E-state index in [1.807, 2.05) is 0 Å². The normalized spacial score (nSPS) is 10.5. The molecule has 0 spiro atoms. The second kappa shape index (κ2) is 7.33. The average Bonchev–Trinajstić information content (AvgIpc) is 2.56. The van der Waals surface area contributed by atoms with Gasteiger partial charge in [0.05, 0.1) is 11.3 Å². The van der Waals surface area contributed by atoms with Gasteiger partial charge in [-0.25, -0.2) is 4.98 Å². The van der Waals surface area contributed by atoms with Crippen LogP contribution >= 0.6 is 0 Å². The zero-order valence-corrected chi connectivity index (χ0v) is 11.9. The molecule has 2 aromatic rings. The first-order valence-corrected chi connectivity index (χ1v) is 6.51. The van der Waals surface area contributed by atoms with E-state index in [2.05, 4.69) is 20.8 Å². The molecule has 1 heterocycles. The van der Waals surface area contributed by atoms with Crippen LogP contribution in [0.15, 0.2) is 53.8 Å². The fourth-order valence-corrected chi connectivity index (χ4v) is 1.66. The number of nitrogens with zero attached hydrogens (tertiary/aromatic N) is 3. The predicted molar refractivity (Wildman–Crippen MR) is 87.2 cm³/mol. The first-order chi connectivity index (χ1) is 11.1. The number of rotatable bonds is 5. The molecule has 23 heavy (non-hydrogen) atoms. The highest BCUT2D eigenvalue weighted by molar-refractivity contribution is 6.45. The monoisotopic (exact) mass is 307 g/mol. The van der Waals surface area contributed by atoms with E-state index in [4.69, 9.17) is 16.4 Å². The number of nitriles is 1. The van der Waals surface area contributed by atoms with E-state index in [1.165, 1.54) is 0 Å². The Kier molecular flexibility index (Phi) is 4.99. The summed E-state index contributed by atoms with van der Waals surface area (Å²) in [7, 11) is 0. The quantitative estimate of drug-likeness (QED) is 0.377. The molecule has 0 unspecified atom stereocenters. The Balaban J connectivity index is 2.22. The molecule has 0 saturated carbocycles. The number of amidine groups is 1. The molecule has 8 heteroatoms. The van der Waals surface area contributed by atoms with Crippen molar-refractivity contribution in [2.45, 2.75) is 0 Å². The zero-order chi connectivity index (χ0) is 16.7. The smallest absolute Gasteiger partial charge is 0.258 e. The topological polar surface area (TPSA) is 140 Å². The second-order valence-electron chi connectivity index (χ2n) is 4.31. The molecule has 8 nitrogen and oxygen atoms in total. The predicted octanol–water partition coefficient (Wildman–Crippen LogP) is 1.56. The maximum atomic E-state index is 12.3. The van der Waals surface area contributed by atoms with E-state index in [-0.39, 0.29) is 11.6 Å². The second-order valence-corrected chi connectivity index (χ2v) is 4.31. The molecule has 1 amide bonds. The lowest BCUT2D eigenvalue weighted by Crippen LogP contribution is -2.22. The van der Waals surface area contributed by atoms with Crippen LogP contribution in [-0.4, -0.2) is 22.4 Å². The number of hydrogen-bond donors (Lipinski definition) is 4. The van der Waals surface area contributed by atoms with Gasteiger partial charge in [-0.05, 0) is 24.3 Å². The van der Waals surface area contributed by atoms with Gasteiger partial charge in [-0.3, -0.25) is 15.6 Å². The van der Waals surface area contributed by atoms with Crippen molar-refractivity contribution in [1.82, 2.24) is 4.98 Å². The highest BCUT2D eigenvalue weighted by atomic mass is 16.1. The van der Waals surface area contributed by atoms with Crippen LogP contribution in [0.3, 0.4) is 0 Å². The molecule has 0 radical (unpaired) electrons. The Morgan fingerprint density at radius 1 is 1.26 bits per heavy atom. The van der Waals surface area contributed by atoms with Gasteiger partial charge in [0.25, 0.3) is 5.91 Å². The Bertz CT molecular complexity index is 793. The Hall–Kier alpha value is -3.73. The molecule has 0 atom stereocenters. The molecule has 0 aliphatic heterocycles. The van der Waals surface area contributed by atoms with Gasteiger partial charge in [0.15, 0.2) is 5.84 Å². The van der Waals surface area contributed by atoms with Gasteiger partial charge in [-0.1, -0.05) is 18.2 Å². The number of para-hydroxylation sites is 1. The number of pyridine rings is 1. The van der Waals surface area contributed by atoms with Gasteiger partial charge in [0.2, 0.25) is 5.71 Å². The van der Waals surface area contributed by atoms with Gasteiger partial charge < -0.3 is 11.1 Å². The van der Waals surface area contributed by atoms with E-state index in [0.29, 0.717) is 17.1 Å². The fourth-order valence-electron chi connectivity index (χ4n) is 1.66. The number of hydrogen-bond acceptors (Lipinski definition) is 6. The summed E-state index contributed by atoms with van der Waals surface area (Å²) in [6.07, 6.45) is 1.57. The van der Waals surface area contributed by atoms with E-state index in [0.717, 1.165) is 0 Å². The zero-order valence-electron chi connectivity index (χ0n) is 11.9. The number of nitrogens with one attached hydrogen (secondary N) is 3. The van der Waals surface area contributed by atoms with E-state index < -0.39 is 5.84 Å². The van der Waals surface area contributed by atoms with Crippen molar-refractivity contribution in [3.05, 3.63) is 54.2 Å². The van der Waals surface area contributed by atoms with Crippen molar-refractivity contribution in [2.24, 2.45) is 10.8 Å². The number of anilines is 2.